The summed E-state index contributed by atoms with van der Waals surface area (Å²) in [6.45, 7) is 0. The standard InChI is InChI=1S/C23H19ClN4O4S/c24-18-8-10-19(11-9-18)33(31,32)28-13-17(7-6-16-4-2-1-3-5-16)20(14-28)21(29)12-22(30)23-25-15-26-27-23/h1-5,8-15,30H,6-7H2,(H,25,26,27). The lowest BCUT2D eigenvalue weighted by molar-refractivity contribution is 0.104. The van der Waals surface area contributed by atoms with E-state index in [-0.39, 0.29) is 16.3 Å². The van der Waals surface area contributed by atoms with Crippen LogP contribution in [0.25, 0.3) is 5.76 Å². The van der Waals surface area contributed by atoms with Crippen LogP contribution in [0.4, 0.5) is 0 Å². The van der Waals surface area contributed by atoms with E-state index in [1.54, 1.807) is 0 Å². The number of aryl methyl sites for hydroxylation is 2. The monoisotopic (exact) mass is 482 g/mol. The third kappa shape index (κ3) is 5.05. The summed E-state index contributed by atoms with van der Waals surface area (Å²) in [7, 11) is -3.95. The van der Waals surface area contributed by atoms with E-state index < -0.39 is 21.6 Å². The number of aliphatic hydroxyl groups excluding tert-OH is 1. The summed E-state index contributed by atoms with van der Waals surface area (Å²) in [6.07, 6.45) is 5.95. The van der Waals surface area contributed by atoms with Crippen molar-refractivity contribution in [2.45, 2.75) is 17.7 Å². The van der Waals surface area contributed by atoms with Gasteiger partial charge in [0.2, 0.25) is 5.82 Å². The van der Waals surface area contributed by atoms with Gasteiger partial charge in [-0.1, -0.05) is 41.9 Å². The number of rotatable bonds is 8. The Hall–Kier alpha value is -3.69. The number of halogens is 1. The Balaban J connectivity index is 1.71. The molecule has 0 radical (unpaired) electrons. The summed E-state index contributed by atoms with van der Waals surface area (Å²) in [5.74, 6) is -1.03. The van der Waals surface area contributed by atoms with Gasteiger partial charge in [-0.05, 0) is 48.2 Å². The molecule has 0 fully saturated rings. The third-order valence-corrected chi connectivity index (χ3v) is 6.86. The second-order valence-electron chi connectivity index (χ2n) is 7.19. The Morgan fingerprint density at radius 1 is 1.06 bits per heavy atom. The van der Waals surface area contributed by atoms with Crippen LogP contribution in [0.3, 0.4) is 0 Å². The van der Waals surface area contributed by atoms with E-state index >= 15 is 0 Å². The fourth-order valence-corrected chi connectivity index (χ4v) is 4.64. The summed E-state index contributed by atoms with van der Waals surface area (Å²) < 4.78 is 27.3. The summed E-state index contributed by atoms with van der Waals surface area (Å²) in [6, 6.07) is 15.4. The van der Waals surface area contributed by atoms with Gasteiger partial charge in [-0.25, -0.2) is 17.4 Å². The van der Waals surface area contributed by atoms with Crippen LogP contribution in [0, 0.1) is 0 Å². The van der Waals surface area contributed by atoms with Gasteiger partial charge in [0.15, 0.2) is 11.5 Å². The first kappa shape index (κ1) is 22.5. The molecule has 0 aliphatic carbocycles. The van der Waals surface area contributed by atoms with Gasteiger partial charge >= 0.3 is 0 Å². The predicted molar refractivity (Wildman–Crippen MR) is 124 cm³/mol. The molecular formula is C23H19ClN4O4S. The van der Waals surface area contributed by atoms with Crippen LogP contribution in [0.2, 0.25) is 5.02 Å². The highest BCUT2D eigenvalue weighted by Crippen LogP contribution is 2.23. The highest BCUT2D eigenvalue weighted by Gasteiger charge is 2.22. The van der Waals surface area contributed by atoms with Crippen LogP contribution in [-0.4, -0.2) is 38.5 Å². The van der Waals surface area contributed by atoms with Crippen LogP contribution >= 0.6 is 11.6 Å². The van der Waals surface area contributed by atoms with Crippen LogP contribution in [0.15, 0.2) is 84.3 Å². The number of nitrogens with one attached hydrogen (secondary N) is 1. The predicted octanol–water partition coefficient (Wildman–Crippen LogP) is 4.06. The topological polar surface area (TPSA) is 118 Å². The minimum Gasteiger partial charge on any atom is -0.504 e. The van der Waals surface area contributed by atoms with E-state index in [9.17, 15) is 18.3 Å². The van der Waals surface area contributed by atoms with Crippen molar-refractivity contribution in [1.82, 2.24) is 19.2 Å². The van der Waals surface area contributed by atoms with Gasteiger partial charge in [-0.15, -0.1) is 0 Å². The molecule has 0 atom stereocenters. The quantitative estimate of drug-likeness (QED) is 0.222. The maximum atomic E-state index is 13.1. The largest absolute Gasteiger partial charge is 0.504 e. The number of carbonyl (C=O) groups excluding carboxylic acids is 1. The Morgan fingerprint density at radius 3 is 2.45 bits per heavy atom. The van der Waals surface area contributed by atoms with Crippen molar-refractivity contribution in [3.05, 3.63) is 107 Å². The summed E-state index contributed by atoms with van der Waals surface area (Å²) in [5, 5.41) is 16.8. The van der Waals surface area contributed by atoms with Gasteiger partial charge < -0.3 is 5.11 Å². The number of H-pyrrole nitrogens is 1. The van der Waals surface area contributed by atoms with Gasteiger partial charge in [0.1, 0.15) is 6.33 Å². The zero-order chi connectivity index (χ0) is 23.4. The molecule has 2 heterocycles. The lowest BCUT2D eigenvalue weighted by atomic mass is 10.0. The van der Waals surface area contributed by atoms with Crippen molar-refractivity contribution in [3.8, 4) is 0 Å². The molecule has 8 nitrogen and oxygen atoms in total. The van der Waals surface area contributed by atoms with Gasteiger partial charge in [0, 0.05) is 29.1 Å². The molecule has 0 aliphatic heterocycles. The van der Waals surface area contributed by atoms with Crippen molar-refractivity contribution in [2.24, 2.45) is 0 Å². The van der Waals surface area contributed by atoms with Gasteiger partial charge in [-0.2, -0.15) is 5.10 Å². The molecule has 0 bridgehead atoms. The molecule has 2 aromatic heterocycles. The molecule has 2 aromatic carbocycles. The summed E-state index contributed by atoms with van der Waals surface area (Å²) in [4.78, 5) is 16.8. The number of aromatic amines is 1. The van der Waals surface area contributed by atoms with Crippen LogP contribution in [0.5, 0.6) is 0 Å². The lowest BCUT2D eigenvalue weighted by Gasteiger charge is -2.05. The van der Waals surface area contributed by atoms with Crippen molar-refractivity contribution in [3.63, 3.8) is 0 Å². The average Bonchev–Trinajstić information content (AvgIpc) is 3.49. The maximum Gasteiger partial charge on any atom is 0.267 e. The Morgan fingerprint density at radius 2 is 1.79 bits per heavy atom. The zero-order valence-electron chi connectivity index (χ0n) is 17.2. The first-order chi connectivity index (χ1) is 15.8. The molecule has 0 amide bonds. The van der Waals surface area contributed by atoms with Crippen molar-refractivity contribution in [2.75, 3.05) is 0 Å². The van der Waals surface area contributed by atoms with Crippen LogP contribution < -0.4 is 0 Å². The van der Waals surface area contributed by atoms with Crippen molar-refractivity contribution >= 4 is 33.2 Å². The summed E-state index contributed by atoms with van der Waals surface area (Å²) in [5.41, 5.74) is 1.73. The highest BCUT2D eigenvalue weighted by molar-refractivity contribution is 7.90. The number of benzene rings is 2. The molecular weight excluding hydrogens is 464 g/mol. The van der Waals surface area contributed by atoms with Crippen LogP contribution in [0.1, 0.15) is 27.3 Å². The van der Waals surface area contributed by atoms with Crippen molar-refractivity contribution < 1.29 is 18.3 Å². The molecule has 4 aromatic rings. The van der Waals surface area contributed by atoms with E-state index in [0.717, 1.165) is 15.6 Å². The Kier molecular flexibility index (Phi) is 6.43. The molecule has 0 saturated carbocycles. The highest BCUT2D eigenvalue weighted by atomic mass is 35.5. The number of aliphatic hydroxyl groups is 1. The molecule has 2 N–H and O–H groups in total. The number of aromatic nitrogens is 4. The number of carbonyl (C=O) groups is 1. The Bertz CT molecular complexity index is 1390. The van der Waals surface area contributed by atoms with E-state index in [1.807, 2.05) is 30.3 Å². The number of hydrogen-bond donors (Lipinski definition) is 2. The average molecular weight is 483 g/mol. The van der Waals surface area contributed by atoms with E-state index in [4.69, 9.17) is 11.6 Å². The van der Waals surface area contributed by atoms with Gasteiger partial charge in [-0.3, -0.25) is 9.89 Å². The molecule has 4 rings (SSSR count). The normalized spacial score (nSPS) is 12.1. The fourth-order valence-electron chi connectivity index (χ4n) is 3.28. The smallest absolute Gasteiger partial charge is 0.267 e. The second-order valence-corrected chi connectivity index (χ2v) is 9.47. The SMILES string of the molecule is O=C(C=C(O)c1nc[nH]n1)c1cn(S(=O)(=O)c2ccc(Cl)cc2)cc1CCc1ccccc1. The van der Waals surface area contributed by atoms with Gasteiger partial charge in [0.05, 0.1) is 4.90 Å². The molecule has 0 aliphatic rings. The minimum absolute atomic E-state index is 0.0367. The molecule has 168 valence electrons. The molecule has 0 saturated heterocycles. The zero-order valence-corrected chi connectivity index (χ0v) is 18.8. The Labute approximate surface area is 195 Å². The second kappa shape index (κ2) is 9.43. The minimum atomic E-state index is -3.95. The first-order valence-electron chi connectivity index (χ1n) is 9.91. The number of nitrogens with zero attached hydrogens (tertiary/aromatic N) is 3. The van der Waals surface area contributed by atoms with Gasteiger partial charge in [0.25, 0.3) is 10.0 Å². The number of hydrogen-bond acceptors (Lipinski definition) is 6. The first-order valence-corrected chi connectivity index (χ1v) is 11.7. The fraction of sp³-hybridized carbons (Fsp3) is 0.0870. The molecule has 10 heteroatoms. The van der Waals surface area contributed by atoms with Crippen molar-refractivity contribution in [1.29, 1.82) is 0 Å². The lowest BCUT2D eigenvalue weighted by Crippen LogP contribution is -2.11. The summed E-state index contributed by atoms with van der Waals surface area (Å²) >= 11 is 5.88. The van der Waals surface area contributed by atoms with E-state index in [2.05, 4.69) is 15.2 Å². The third-order valence-electron chi connectivity index (χ3n) is 4.98. The molecule has 0 spiro atoms. The molecule has 33 heavy (non-hydrogen) atoms. The molecule has 0 unspecified atom stereocenters. The van der Waals surface area contributed by atoms with Crippen LogP contribution in [-0.2, 0) is 22.9 Å². The number of allylic oxidation sites excluding steroid dienone is 1. The van der Waals surface area contributed by atoms with E-state index in [0.29, 0.717) is 23.4 Å². The maximum absolute atomic E-state index is 13.1. The number of ketones is 1. The van der Waals surface area contributed by atoms with E-state index in [1.165, 1.54) is 43.0 Å².